The molecular weight excluding hydrogens is 136 g/mol. The van der Waals surface area contributed by atoms with E-state index < -0.39 is 0 Å². The summed E-state index contributed by atoms with van der Waals surface area (Å²) in [6.45, 7) is 6.59. The van der Waals surface area contributed by atoms with Crippen LogP contribution >= 0.6 is 0 Å². The fourth-order valence-corrected chi connectivity index (χ4v) is 2.21. The van der Waals surface area contributed by atoms with Crippen LogP contribution in [0.15, 0.2) is 0 Å². The molecule has 2 N–H and O–H groups in total. The molecule has 2 atom stereocenters. The Bertz CT molecular complexity index is 159. The fraction of sp³-hybridized carbons (Fsp3) is 1.00. The molecule has 0 aromatic heterocycles. The lowest BCUT2D eigenvalue weighted by Gasteiger charge is -2.27. The number of piperidine rings is 1. The Morgan fingerprint density at radius 2 is 2.27 bits per heavy atom. The van der Waals surface area contributed by atoms with Gasteiger partial charge in [0.1, 0.15) is 0 Å². The molecule has 0 spiro atoms. The van der Waals surface area contributed by atoms with Gasteiger partial charge in [-0.25, -0.2) is 0 Å². The quantitative estimate of drug-likeness (QED) is 0.638. The van der Waals surface area contributed by atoms with Crippen molar-refractivity contribution in [2.24, 2.45) is 11.7 Å². The van der Waals surface area contributed by atoms with Gasteiger partial charge >= 0.3 is 0 Å². The monoisotopic (exact) mass is 154 g/mol. The first-order valence-electron chi connectivity index (χ1n) is 4.59. The number of hydrogen-bond acceptors (Lipinski definition) is 2. The number of likely N-dealkylation sites (tertiary alicyclic amines) is 1. The van der Waals surface area contributed by atoms with Gasteiger partial charge in [0, 0.05) is 18.1 Å². The van der Waals surface area contributed by atoms with Crippen molar-refractivity contribution in [1.29, 1.82) is 0 Å². The third-order valence-electron chi connectivity index (χ3n) is 2.75. The maximum atomic E-state index is 5.95. The standard InChI is InChI=1S/C9H18N2/c1-9(2,10)6-11-4-3-7-5-8(7)11/h7-8H,3-6,10H2,1-2H3. The summed E-state index contributed by atoms with van der Waals surface area (Å²) in [5.74, 6) is 1.04. The maximum Gasteiger partial charge on any atom is 0.0226 e. The molecule has 1 saturated carbocycles. The molecule has 0 aromatic rings. The van der Waals surface area contributed by atoms with E-state index in [4.69, 9.17) is 5.73 Å². The van der Waals surface area contributed by atoms with Crippen LogP contribution in [0.4, 0.5) is 0 Å². The average molecular weight is 154 g/mol. The molecule has 2 fully saturated rings. The highest BCUT2D eigenvalue weighted by Gasteiger charge is 2.47. The zero-order chi connectivity index (χ0) is 8.06. The van der Waals surface area contributed by atoms with Gasteiger partial charge in [0.05, 0.1) is 0 Å². The molecule has 2 unspecified atom stereocenters. The molecule has 1 aliphatic carbocycles. The number of nitrogens with zero attached hydrogens (tertiary/aromatic N) is 1. The second-order valence-electron chi connectivity index (χ2n) is 4.81. The topological polar surface area (TPSA) is 29.3 Å². The molecule has 1 saturated heterocycles. The van der Waals surface area contributed by atoms with Crippen molar-refractivity contribution in [2.45, 2.75) is 38.3 Å². The fourth-order valence-electron chi connectivity index (χ4n) is 2.21. The van der Waals surface area contributed by atoms with Crippen LogP contribution in [0.3, 0.4) is 0 Å². The predicted octanol–water partition coefficient (Wildman–Crippen LogP) is 0.818. The van der Waals surface area contributed by atoms with Crippen LogP contribution < -0.4 is 5.73 Å². The van der Waals surface area contributed by atoms with Crippen molar-refractivity contribution in [3.05, 3.63) is 0 Å². The minimum Gasteiger partial charge on any atom is -0.324 e. The van der Waals surface area contributed by atoms with Crippen LogP contribution in [0.5, 0.6) is 0 Å². The molecular formula is C9H18N2. The minimum absolute atomic E-state index is 0.00250. The molecule has 2 heteroatoms. The third-order valence-corrected chi connectivity index (χ3v) is 2.75. The first-order valence-corrected chi connectivity index (χ1v) is 4.59. The lowest BCUT2D eigenvalue weighted by molar-refractivity contribution is 0.243. The summed E-state index contributed by atoms with van der Waals surface area (Å²) in [5, 5.41) is 0. The SMILES string of the molecule is CC(C)(N)CN1CCC2CC21. The Hall–Kier alpha value is -0.0800. The molecule has 0 bridgehead atoms. The van der Waals surface area contributed by atoms with Gasteiger partial charge in [-0.15, -0.1) is 0 Å². The van der Waals surface area contributed by atoms with Gasteiger partial charge in [0.15, 0.2) is 0 Å². The van der Waals surface area contributed by atoms with E-state index in [1.165, 1.54) is 19.4 Å². The van der Waals surface area contributed by atoms with Crippen molar-refractivity contribution in [1.82, 2.24) is 4.90 Å². The molecule has 64 valence electrons. The highest BCUT2D eigenvalue weighted by molar-refractivity contribution is 5.02. The summed E-state index contributed by atoms with van der Waals surface area (Å²) in [5.41, 5.74) is 5.95. The Morgan fingerprint density at radius 1 is 1.55 bits per heavy atom. The van der Waals surface area contributed by atoms with Gasteiger partial charge in [-0.1, -0.05) is 0 Å². The number of fused-ring (bicyclic) bond motifs is 1. The Kier molecular flexibility index (Phi) is 1.52. The second kappa shape index (κ2) is 2.20. The van der Waals surface area contributed by atoms with Crippen LogP contribution in [-0.4, -0.2) is 29.6 Å². The van der Waals surface area contributed by atoms with Gasteiger partial charge in [-0.3, -0.25) is 4.90 Å². The second-order valence-corrected chi connectivity index (χ2v) is 4.81. The summed E-state index contributed by atoms with van der Waals surface area (Å²) in [7, 11) is 0. The van der Waals surface area contributed by atoms with Gasteiger partial charge in [-0.05, 0) is 39.2 Å². The van der Waals surface area contributed by atoms with E-state index in [1.54, 1.807) is 0 Å². The van der Waals surface area contributed by atoms with E-state index in [0.717, 1.165) is 18.5 Å². The molecule has 2 aliphatic rings. The Balaban J connectivity index is 1.87. The van der Waals surface area contributed by atoms with E-state index >= 15 is 0 Å². The van der Waals surface area contributed by atoms with Crippen LogP contribution in [0.25, 0.3) is 0 Å². The largest absolute Gasteiger partial charge is 0.324 e. The third kappa shape index (κ3) is 1.57. The average Bonchev–Trinajstić information content (AvgIpc) is 2.50. The zero-order valence-corrected chi connectivity index (χ0v) is 7.51. The number of rotatable bonds is 2. The van der Waals surface area contributed by atoms with Crippen molar-refractivity contribution in [2.75, 3.05) is 13.1 Å². The van der Waals surface area contributed by atoms with Gasteiger partial charge in [-0.2, -0.15) is 0 Å². The van der Waals surface area contributed by atoms with E-state index in [0.29, 0.717) is 0 Å². The predicted molar refractivity (Wildman–Crippen MR) is 46.4 cm³/mol. The molecule has 2 nitrogen and oxygen atoms in total. The minimum atomic E-state index is -0.00250. The first kappa shape index (κ1) is 7.56. The normalized spacial score (nSPS) is 37.4. The van der Waals surface area contributed by atoms with Crippen LogP contribution in [0.2, 0.25) is 0 Å². The van der Waals surface area contributed by atoms with Crippen LogP contribution in [0, 0.1) is 5.92 Å². The highest BCUT2D eigenvalue weighted by Crippen LogP contribution is 2.44. The Labute approximate surface area is 68.7 Å². The van der Waals surface area contributed by atoms with E-state index in [1.807, 2.05) is 0 Å². The summed E-state index contributed by atoms with van der Waals surface area (Å²) in [4.78, 5) is 2.56. The lowest BCUT2D eigenvalue weighted by atomic mass is 10.1. The summed E-state index contributed by atoms with van der Waals surface area (Å²) in [6.07, 6.45) is 2.86. The molecule has 11 heavy (non-hydrogen) atoms. The van der Waals surface area contributed by atoms with E-state index in [2.05, 4.69) is 18.7 Å². The van der Waals surface area contributed by atoms with Gasteiger partial charge in [0.2, 0.25) is 0 Å². The summed E-state index contributed by atoms with van der Waals surface area (Å²) in [6, 6.07) is 0.915. The zero-order valence-electron chi connectivity index (χ0n) is 7.51. The summed E-state index contributed by atoms with van der Waals surface area (Å²) >= 11 is 0. The van der Waals surface area contributed by atoms with Gasteiger partial charge < -0.3 is 5.73 Å². The van der Waals surface area contributed by atoms with Crippen molar-refractivity contribution >= 4 is 0 Å². The summed E-state index contributed by atoms with van der Waals surface area (Å²) < 4.78 is 0. The Morgan fingerprint density at radius 3 is 2.64 bits per heavy atom. The van der Waals surface area contributed by atoms with E-state index in [9.17, 15) is 0 Å². The van der Waals surface area contributed by atoms with Crippen LogP contribution in [0.1, 0.15) is 26.7 Å². The van der Waals surface area contributed by atoms with Crippen molar-refractivity contribution in [3.63, 3.8) is 0 Å². The molecule has 0 aromatic carbocycles. The molecule has 1 heterocycles. The first-order chi connectivity index (χ1) is 5.06. The number of hydrogen-bond donors (Lipinski definition) is 1. The van der Waals surface area contributed by atoms with Gasteiger partial charge in [0.25, 0.3) is 0 Å². The number of nitrogens with two attached hydrogens (primary N) is 1. The maximum absolute atomic E-state index is 5.95. The van der Waals surface area contributed by atoms with Crippen molar-refractivity contribution < 1.29 is 0 Å². The lowest BCUT2D eigenvalue weighted by Crippen LogP contribution is -2.45. The molecule has 0 radical (unpaired) electrons. The van der Waals surface area contributed by atoms with Crippen molar-refractivity contribution in [3.8, 4) is 0 Å². The molecule has 0 amide bonds. The highest BCUT2D eigenvalue weighted by atomic mass is 15.2. The molecule has 1 aliphatic heterocycles. The van der Waals surface area contributed by atoms with E-state index in [-0.39, 0.29) is 5.54 Å². The van der Waals surface area contributed by atoms with Crippen LogP contribution in [-0.2, 0) is 0 Å². The smallest absolute Gasteiger partial charge is 0.0226 e. The molecule has 2 rings (SSSR count).